The quantitative estimate of drug-likeness (QED) is 0.804. The molecule has 14 heavy (non-hydrogen) atoms. The van der Waals surface area contributed by atoms with Crippen LogP contribution >= 0.6 is 11.3 Å². The molecule has 0 aliphatic heterocycles. The van der Waals surface area contributed by atoms with Crippen molar-refractivity contribution in [2.75, 3.05) is 0 Å². The van der Waals surface area contributed by atoms with Gasteiger partial charge in [-0.3, -0.25) is 9.97 Å². The molecule has 2 rings (SSSR count). The summed E-state index contributed by atoms with van der Waals surface area (Å²) in [5.41, 5.74) is 6.77. The minimum Gasteiger partial charge on any atom is -0.318 e. The minimum absolute atomic E-state index is 0.213. The van der Waals surface area contributed by atoms with E-state index < -0.39 is 0 Å². The Kier molecular flexibility index (Phi) is 2.51. The molecule has 0 amide bonds. The Labute approximate surface area is 85.9 Å². The zero-order valence-corrected chi connectivity index (χ0v) is 8.53. The molecule has 2 aromatic heterocycles. The molecule has 4 nitrogen and oxygen atoms in total. The highest BCUT2D eigenvalue weighted by atomic mass is 32.1. The van der Waals surface area contributed by atoms with Gasteiger partial charge in [0.2, 0.25) is 0 Å². The molecule has 2 N–H and O–H groups in total. The standard InChI is InChI=1S/C9H10N4S/c1-6-13-5-8(14-6)9(10)7-4-11-2-3-12-7/h2-5,9H,10H2,1H3. The highest BCUT2D eigenvalue weighted by molar-refractivity contribution is 7.11. The minimum atomic E-state index is -0.213. The number of thiazole rings is 1. The molecule has 0 bridgehead atoms. The summed E-state index contributed by atoms with van der Waals surface area (Å²) >= 11 is 1.59. The average molecular weight is 206 g/mol. The lowest BCUT2D eigenvalue weighted by Crippen LogP contribution is -2.12. The molecule has 72 valence electrons. The fourth-order valence-electron chi connectivity index (χ4n) is 1.14. The van der Waals surface area contributed by atoms with Crippen molar-refractivity contribution in [1.82, 2.24) is 15.0 Å². The van der Waals surface area contributed by atoms with Crippen LogP contribution in [0.5, 0.6) is 0 Å². The summed E-state index contributed by atoms with van der Waals surface area (Å²) in [5, 5.41) is 1.01. The van der Waals surface area contributed by atoms with Crippen molar-refractivity contribution in [3.63, 3.8) is 0 Å². The number of hydrogen-bond donors (Lipinski definition) is 1. The van der Waals surface area contributed by atoms with Crippen LogP contribution in [0, 0.1) is 6.92 Å². The monoisotopic (exact) mass is 206 g/mol. The van der Waals surface area contributed by atoms with E-state index in [4.69, 9.17) is 5.73 Å². The first kappa shape index (κ1) is 9.23. The summed E-state index contributed by atoms with van der Waals surface area (Å²) in [6.45, 7) is 1.96. The topological polar surface area (TPSA) is 64.7 Å². The molecule has 2 aromatic rings. The lowest BCUT2D eigenvalue weighted by Gasteiger charge is -2.06. The second kappa shape index (κ2) is 3.81. The normalized spacial score (nSPS) is 12.7. The Balaban J connectivity index is 2.29. The van der Waals surface area contributed by atoms with E-state index in [1.807, 2.05) is 6.92 Å². The summed E-state index contributed by atoms with van der Waals surface area (Å²) in [6, 6.07) is -0.213. The van der Waals surface area contributed by atoms with Crippen LogP contribution in [0.2, 0.25) is 0 Å². The van der Waals surface area contributed by atoms with Crippen molar-refractivity contribution in [2.45, 2.75) is 13.0 Å². The molecule has 0 saturated heterocycles. The van der Waals surface area contributed by atoms with E-state index in [-0.39, 0.29) is 6.04 Å². The maximum atomic E-state index is 6.00. The first-order valence-electron chi connectivity index (χ1n) is 4.21. The van der Waals surface area contributed by atoms with Crippen LogP contribution in [0.15, 0.2) is 24.8 Å². The number of nitrogens with two attached hydrogens (primary N) is 1. The van der Waals surface area contributed by atoms with Crippen LogP contribution in [0.3, 0.4) is 0 Å². The van der Waals surface area contributed by atoms with Gasteiger partial charge in [-0.15, -0.1) is 11.3 Å². The van der Waals surface area contributed by atoms with Crippen molar-refractivity contribution < 1.29 is 0 Å². The molecule has 1 atom stereocenters. The lowest BCUT2D eigenvalue weighted by atomic mass is 10.2. The maximum Gasteiger partial charge on any atom is 0.0897 e. The molecular formula is C9H10N4S. The van der Waals surface area contributed by atoms with Crippen molar-refractivity contribution in [2.24, 2.45) is 5.73 Å². The molecule has 2 heterocycles. The number of aromatic nitrogens is 3. The number of rotatable bonds is 2. The first-order valence-corrected chi connectivity index (χ1v) is 5.03. The zero-order chi connectivity index (χ0) is 9.97. The third-order valence-corrected chi connectivity index (χ3v) is 2.84. The Morgan fingerprint density at radius 3 is 2.71 bits per heavy atom. The van der Waals surface area contributed by atoms with E-state index in [1.54, 1.807) is 36.1 Å². The fraction of sp³-hybridized carbons (Fsp3) is 0.222. The predicted molar refractivity (Wildman–Crippen MR) is 54.9 cm³/mol. The van der Waals surface area contributed by atoms with Crippen LogP contribution < -0.4 is 5.73 Å². The molecule has 0 aromatic carbocycles. The van der Waals surface area contributed by atoms with Gasteiger partial charge in [0.15, 0.2) is 0 Å². The predicted octanol–water partition coefficient (Wildman–Crippen LogP) is 1.29. The fourth-order valence-corrected chi connectivity index (χ4v) is 1.94. The van der Waals surface area contributed by atoms with Gasteiger partial charge in [-0.1, -0.05) is 0 Å². The van der Waals surface area contributed by atoms with Gasteiger partial charge in [0.1, 0.15) is 0 Å². The van der Waals surface area contributed by atoms with Gasteiger partial charge in [0.05, 0.1) is 22.9 Å². The van der Waals surface area contributed by atoms with Crippen LogP contribution in [0.25, 0.3) is 0 Å². The van der Waals surface area contributed by atoms with E-state index in [1.165, 1.54) is 0 Å². The summed E-state index contributed by atoms with van der Waals surface area (Å²) in [4.78, 5) is 13.3. The van der Waals surface area contributed by atoms with Crippen LogP contribution in [0.1, 0.15) is 21.6 Å². The zero-order valence-electron chi connectivity index (χ0n) is 7.71. The van der Waals surface area contributed by atoms with E-state index in [9.17, 15) is 0 Å². The van der Waals surface area contributed by atoms with Gasteiger partial charge in [0, 0.05) is 23.5 Å². The van der Waals surface area contributed by atoms with Gasteiger partial charge in [-0.2, -0.15) is 0 Å². The third-order valence-electron chi connectivity index (χ3n) is 1.85. The van der Waals surface area contributed by atoms with Crippen molar-refractivity contribution in [3.8, 4) is 0 Å². The van der Waals surface area contributed by atoms with E-state index in [2.05, 4.69) is 15.0 Å². The number of aryl methyl sites for hydroxylation is 1. The van der Waals surface area contributed by atoms with E-state index >= 15 is 0 Å². The summed E-state index contributed by atoms with van der Waals surface area (Å²) in [6.07, 6.45) is 6.75. The molecule has 0 fully saturated rings. The van der Waals surface area contributed by atoms with Crippen molar-refractivity contribution in [1.29, 1.82) is 0 Å². The van der Waals surface area contributed by atoms with Crippen molar-refractivity contribution in [3.05, 3.63) is 40.4 Å². The highest BCUT2D eigenvalue weighted by Gasteiger charge is 2.12. The molecule has 0 aliphatic carbocycles. The largest absolute Gasteiger partial charge is 0.318 e. The van der Waals surface area contributed by atoms with Crippen molar-refractivity contribution >= 4 is 11.3 Å². The van der Waals surface area contributed by atoms with Crippen LogP contribution in [0.4, 0.5) is 0 Å². The molecule has 1 unspecified atom stereocenters. The third kappa shape index (κ3) is 1.78. The van der Waals surface area contributed by atoms with Gasteiger partial charge < -0.3 is 5.73 Å². The number of hydrogen-bond acceptors (Lipinski definition) is 5. The van der Waals surface area contributed by atoms with E-state index in [0.29, 0.717) is 0 Å². The van der Waals surface area contributed by atoms with E-state index in [0.717, 1.165) is 15.6 Å². The Hall–Kier alpha value is -1.33. The Bertz CT molecular complexity index is 412. The SMILES string of the molecule is Cc1ncc(C(N)c2cnccn2)s1. The second-order valence-electron chi connectivity index (χ2n) is 2.89. The molecule has 5 heteroatoms. The highest BCUT2D eigenvalue weighted by Crippen LogP contribution is 2.22. The molecular weight excluding hydrogens is 196 g/mol. The summed E-state index contributed by atoms with van der Waals surface area (Å²) < 4.78 is 0. The Morgan fingerprint density at radius 1 is 1.29 bits per heavy atom. The van der Waals surface area contributed by atoms with Gasteiger partial charge >= 0.3 is 0 Å². The molecule has 0 aliphatic rings. The van der Waals surface area contributed by atoms with Gasteiger partial charge in [-0.05, 0) is 6.92 Å². The number of nitrogens with zero attached hydrogens (tertiary/aromatic N) is 3. The molecule has 0 spiro atoms. The second-order valence-corrected chi connectivity index (χ2v) is 4.16. The molecule has 0 saturated carbocycles. The van der Waals surface area contributed by atoms with Gasteiger partial charge in [0.25, 0.3) is 0 Å². The smallest absolute Gasteiger partial charge is 0.0897 e. The maximum absolute atomic E-state index is 6.00. The summed E-state index contributed by atoms with van der Waals surface area (Å²) in [5.74, 6) is 0. The molecule has 0 radical (unpaired) electrons. The lowest BCUT2D eigenvalue weighted by molar-refractivity contribution is 0.831. The Morgan fingerprint density at radius 2 is 2.14 bits per heavy atom. The van der Waals surface area contributed by atoms with Crippen LogP contribution in [-0.2, 0) is 0 Å². The summed E-state index contributed by atoms with van der Waals surface area (Å²) in [7, 11) is 0. The van der Waals surface area contributed by atoms with Gasteiger partial charge in [-0.25, -0.2) is 4.98 Å². The average Bonchev–Trinajstić information content (AvgIpc) is 2.65. The first-order chi connectivity index (χ1) is 6.77. The van der Waals surface area contributed by atoms with Crippen LogP contribution in [-0.4, -0.2) is 15.0 Å².